The van der Waals surface area contributed by atoms with Crippen molar-refractivity contribution >= 4 is 33.2 Å². The van der Waals surface area contributed by atoms with Crippen LogP contribution in [0.15, 0.2) is 36.4 Å². The number of rotatable bonds is 4. The smallest absolute Gasteiger partial charge is 0.218 e. The van der Waals surface area contributed by atoms with Crippen LogP contribution in [0.25, 0.3) is 0 Å². The first-order valence-electron chi connectivity index (χ1n) is 11.2. The zero-order valence-corrected chi connectivity index (χ0v) is 20.3. The molecule has 172 valence electrons. The van der Waals surface area contributed by atoms with E-state index < -0.39 is 10.0 Å². The van der Waals surface area contributed by atoms with Crippen LogP contribution >= 0.6 is 23.2 Å². The largest absolute Gasteiger partial charge is 0.508 e. The van der Waals surface area contributed by atoms with Gasteiger partial charge in [0.25, 0.3) is 0 Å². The molecule has 1 saturated heterocycles. The monoisotopic (exact) mass is 494 g/mol. The average Bonchev–Trinajstić information content (AvgIpc) is 2.76. The quantitative estimate of drug-likeness (QED) is 0.656. The third kappa shape index (κ3) is 3.64. The molecule has 0 spiro atoms. The highest BCUT2D eigenvalue weighted by atomic mass is 35.5. The minimum absolute atomic E-state index is 0.0777. The highest BCUT2D eigenvalue weighted by molar-refractivity contribution is 7.88. The second-order valence-corrected chi connectivity index (χ2v) is 12.4. The molecule has 1 aliphatic heterocycles. The third-order valence-electron chi connectivity index (χ3n) is 7.98. The van der Waals surface area contributed by atoms with E-state index >= 15 is 0 Å². The van der Waals surface area contributed by atoms with Crippen LogP contribution in [0.1, 0.15) is 42.4 Å². The van der Waals surface area contributed by atoms with E-state index in [-0.39, 0.29) is 17.2 Å². The average molecular weight is 495 g/mol. The Bertz CT molecular complexity index is 1160. The number of piperidine rings is 1. The van der Waals surface area contributed by atoms with E-state index in [0.29, 0.717) is 33.3 Å². The van der Waals surface area contributed by atoms with Crippen LogP contribution in [0.5, 0.6) is 5.75 Å². The number of fused-ring (bicyclic) bond motifs is 1. The Morgan fingerprint density at radius 1 is 1.19 bits per heavy atom. The molecule has 1 saturated carbocycles. The molecule has 1 heterocycles. The van der Waals surface area contributed by atoms with Crippen molar-refractivity contribution in [2.24, 2.45) is 5.92 Å². The van der Waals surface area contributed by atoms with Gasteiger partial charge in [-0.3, -0.25) is 0 Å². The Morgan fingerprint density at radius 2 is 2.00 bits per heavy atom. The minimum Gasteiger partial charge on any atom is -0.508 e. The fourth-order valence-electron chi connectivity index (χ4n) is 6.43. The summed E-state index contributed by atoms with van der Waals surface area (Å²) in [7, 11) is -1.82. The van der Waals surface area contributed by atoms with E-state index in [1.165, 1.54) is 5.56 Å². The van der Waals surface area contributed by atoms with E-state index in [0.717, 1.165) is 44.2 Å². The number of nitrogens with one attached hydrogen (secondary N) is 1. The first-order valence-corrected chi connectivity index (χ1v) is 13.5. The molecule has 4 atom stereocenters. The second-order valence-electron chi connectivity index (χ2n) is 9.54. The van der Waals surface area contributed by atoms with Gasteiger partial charge in [-0.05, 0) is 79.5 Å². The van der Waals surface area contributed by atoms with Crippen molar-refractivity contribution in [3.8, 4) is 5.75 Å². The SMILES string of the molecule is CN([C@H]1CC[C@H]2[C@H]3Cc4c(O)cccc4[C@@]2(CCN3)C1)S(=O)(=O)Cc1ccc(Cl)c(Cl)c1. The van der Waals surface area contributed by atoms with Gasteiger partial charge in [-0.25, -0.2) is 12.7 Å². The van der Waals surface area contributed by atoms with E-state index in [9.17, 15) is 13.5 Å². The highest BCUT2D eigenvalue weighted by Crippen LogP contribution is 2.55. The lowest BCUT2D eigenvalue weighted by Crippen LogP contribution is -2.62. The first-order chi connectivity index (χ1) is 15.2. The molecular weight excluding hydrogens is 467 g/mol. The zero-order chi connectivity index (χ0) is 22.7. The molecule has 2 aromatic rings. The Morgan fingerprint density at radius 3 is 2.78 bits per heavy atom. The summed E-state index contributed by atoms with van der Waals surface area (Å²) in [5.41, 5.74) is 2.79. The maximum atomic E-state index is 13.3. The minimum atomic E-state index is -3.53. The maximum Gasteiger partial charge on any atom is 0.218 e. The Hall–Kier alpha value is -1.31. The van der Waals surface area contributed by atoms with Gasteiger partial charge < -0.3 is 10.4 Å². The summed E-state index contributed by atoms with van der Waals surface area (Å²) in [6.07, 6.45) is 4.40. The zero-order valence-electron chi connectivity index (χ0n) is 18.0. The number of nitrogens with zero attached hydrogens (tertiary/aromatic N) is 1. The van der Waals surface area contributed by atoms with Crippen LogP contribution in [0.4, 0.5) is 0 Å². The number of sulfonamides is 1. The fraction of sp³-hybridized carbons (Fsp3) is 0.500. The van der Waals surface area contributed by atoms with Gasteiger partial charge in [0.15, 0.2) is 0 Å². The summed E-state index contributed by atoms with van der Waals surface area (Å²) in [5.74, 6) is 0.722. The normalized spacial score (nSPS) is 29.4. The molecular formula is C24H28Cl2N2O3S. The van der Waals surface area contributed by atoms with E-state index in [4.69, 9.17) is 23.2 Å². The van der Waals surface area contributed by atoms with Gasteiger partial charge >= 0.3 is 0 Å². The Balaban J connectivity index is 1.44. The van der Waals surface area contributed by atoms with Crippen molar-refractivity contribution in [2.75, 3.05) is 13.6 Å². The molecule has 8 heteroatoms. The van der Waals surface area contributed by atoms with Crippen molar-refractivity contribution in [2.45, 2.75) is 55.4 Å². The predicted molar refractivity (Wildman–Crippen MR) is 128 cm³/mol. The molecule has 5 nitrogen and oxygen atoms in total. The lowest BCUT2D eigenvalue weighted by molar-refractivity contribution is 0.0487. The van der Waals surface area contributed by atoms with Crippen molar-refractivity contribution in [1.29, 1.82) is 0 Å². The summed E-state index contributed by atoms with van der Waals surface area (Å²) in [6, 6.07) is 11.1. The second kappa shape index (κ2) is 8.17. The third-order valence-corrected chi connectivity index (χ3v) is 10.6. The molecule has 2 bridgehead atoms. The van der Waals surface area contributed by atoms with Gasteiger partial charge in [0.1, 0.15) is 5.75 Å². The Kier molecular flexibility index (Phi) is 5.74. The summed E-state index contributed by atoms with van der Waals surface area (Å²) >= 11 is 12.1. The van der Waals surface area contributed by atoms with Gasteiger partial charge in [0.2, 0.25) is 10.0 Å². The number of benzene rings is 2. The summed E-state index contributed by atoms with van der Waals surface area (Å²) < 4.78 is 28.2. The van der Waals surface area contributed by atoms with E-state index in [1.54, 1.807) is 35.6 Å². The van der Waals surface area contributed by atoms with Gasteiger partial charge in [-0.1, -0.05) is 41.4 Å². The molecule has 2 N–H and O–H groups in total. The van der Waals surface area contributed by atoms with Crippen LogP contribution < -0.4 is 5.32 Å². The molecule has 5 rings (SSSR count). The number of aromatic hydroxyl groups is 1. The molecule has 0 radical (unpaired) electrons. The number of hydrogen-bond donors (Lipinski definition) is 2. The molecule has 0 unspecified atom stereocenters. The summed E-state index contributed by atoms with van der Waals surface area (Å²) in [6.45, 7) is 0.919. The molecule has 3 aliphatic rings. The van der Waals surface area contributed by atoms with Gasteiger partial charge in [0, 0.05) is 24.5 Å². The van der Waals surface area contributed by atoms with E-state index in [1.807, 2.05) is 6.07 Å². The van der Waals surface area contributed by atoms with Gasteiger partial charge in [-0.15, -0.1) is 0 Å². The molecule has 0 aromatic heterocycles. The number of phenolic OH excluding ortho intramolecular Hbond substituents is 1. The van der Waals surface area contributed by atoms with Crippen LogP contribution in [0.2, 0.25) is 10.0 Å². The molecule has 2 aliphatic carbocycles. The standard InChI is InChI=1S/C24H28Cl2N2O3S/c1-28(32(30,31)14-15-5-8-20(25)21(26)11-15)16-6-7-19-22-12-17-18(3-2-4-23(17)29)24(19,13-16)9-10-27-22/h2-5,8,11,16,19,22,27,29H,6-7,9-10,12-14H2,1H3/t16-,19-,22+,24+/m0/s1. The molecule has 2 fully saturated rings. The number of phenols is 1. The topological polar surface area (TPSA) is 69.6 Å². The predicted octanol–water partition coefficient (Wildman–Crippen LogP) is 4.49. The van der Waals surface area contributed by atoms with Gasteiger partial charge in [0.05, 0.1) is 15.8 Å². The summed E-state index contributed by atoms with van der Waals surface area (Å²) in [5, 5.41) is 15.0. The Labute approximate surface area is 199 Å². The fourth-order valence-corrected chi connectivity index (χ4v) is 8.19. The van der Waals surface area contributed by atoms with Crippen LogP contribution in [0.3, 0.4) is 0 Å². The van der Waals surface area contributed by atoms with Crippen molar-refractivity contribution in [3.05, 3.63) is 63.1 Å². The molecule has 2 aromatic carbocycles. The molecule has 32 heavy (non-hydrogen) atoms. The van der Waals surface area contributed by atoms with Crippen molar-refractivity contribution in [3.63, 3.8) is 0 Å². The first kappa shape index (κ1) is 22.5. The van der Waals surface area contributed by atoms with Gasteiger partial charge in [-0.2, -0.15) is 0 Å². The number of hydrogen-bond acceptors (Lipinski definition) is 4. The molecule has 0 amide bonds. The lowest BCUT2D eigenvalue weighted by Gasteiger charge is -2.58. The van der Waals surface area contributed by atoms with Crippen LogP contribution in [0, 0.1) is 5.92 Å². The number of halogens is 2. The van der Waals surface area contributed by atoms with Crippen LogP contribution in [-0.2, 0) is 27.6 Å². The van der Waals surface area contributed by atoms with Crippen molar-refractivity contribution < 1.29 is 13.5 Å². The highest BCUT2D eigenvalue weighted by Gasteiger charge is 2.54. The van der Waals surface area contributed by atoms with Crippen LogP contribution in [-0.4, -0.2) is 43.5 Å². The van der Waals surface area contributed by atoms with E-state index in [2.05, 4.69) is 11.4 Å². The van der Waals surface area contributed by atoms with Crippen molar-refractivity contribution in [1.82, 2.24) is 9.62 Å². The lowest BCUT2D eigenvalue weighted by atomic mass is 9.52. The maximum absolute atomic E-state index is 13.3. The summed E-state index contributed by atoms with van der Waals surface area (Å²) in [4.78, 5) is 0.